The minimum atomic E-state index is -0.406. The van der Waals surface area contributed by atoms with Gasteiger partial charge in [0.15, 0.2) is 0 Å². The van der Waals surface area contributed by atoms with Crippen molar-refractivity contribution in [2.24, 2.45) is 0 Å². The maximum absolute atomic E-state index is 13.9. The van der Waals surface area contributed by atoms with Gasteiger partial charge in [-0.2, -0.15) is 0 Å². The topological polar surface area (TPSA) is 58.9 Å². The van der Waals surface area contributed by atoms with Crippen molar-refractivity contribution in [2.45, 2.75) is 0 Å². The Morgan fingerprint density at radius 3 is 2.47 bits per heavy atom. The summed E-state index contributed by atoms with van der Waals surface area (Å²) in [7, 11) is 0. The zero-order valence-electron chi connectivity index (χ0n) is 9.98. The van der Waals surface area contributed by atoms with Crippen LogP contribution in [-0.2, 0) is 0 Å². The first kappa shape index (κ1) is 11.5. The van der Waals surface area contributed by atoms with E-state index >= 15 is 0 Å². The van der Waals surface area contributed by atoms with E-state index in [1.165, 1.54) is 6.07 Å². The lowest BCUT2D eigenvalue weighted by Crippen LogP contribution is -2.13. The molecule has 0 saturated carbocycles. The van der Waals surface area contributed by atoms with Gasteiger partial charge in [-0.1, -0.05) is 36.4 Å². The number of fused-ring (bicyclic) bond motifs is 1. The number of nitrogen functional groups attached to an aromatic ring is 1. The van der Waals surface area contributed by atoms with Gasteiger partial charge in [0.2, 0.25) is 0 Å². The number of nitrogens with one attached hydrogen (secondary N) is 1. The van der Waals surface area contributed by atoms with Crippen molar-refractivity contribution < 1.29 is 4.39 Å². The first-order valence-electron chi connectivity index (χ1n) is 5.84. The van der Waals surface area contributed by atoms with Crippen molar-refractivity contribution in [3.63, 3.8) is 0 Å². The Hall–Kier alpha value is -2.62. The second-order valence-corrected chi connectivity index (χ2v) is 4.27. The molecule has 0 aliphatic rings. The van der Waals surface area contributed by atoms with E-state index in [-0.39, 0.29) is 5.69 Å². The highest BCUT2D eigenvalue weighted by molar-refractivity contribution is 5.99. The molecule has 3 N–H and O–H groups in total. The average Bonchev–Trinajstić information content (AvgIpc) is 2.42. The number of benzene rings is 2. The molecule has 19 heavy (non-hydrogen) atoms. The van der Waals surface area contributed by atoms with E-state index in [1.807, 2.05) is 12.1 Å². The Kier molecular flexibility index (Phi) is 2.56. The predicted octanol–water partition coefficient (Wildman–Crippen LogP) is 2.92. The number of rotatable bonds is 1. The third-order valence-electron chi connectivity index (χ3n) is 3.10. The lowest BCUT2D eigenvalue weighted by atomic mass is 9.99. The highest BCUT2D eigenvalue weighted by Gasteiger charge is 2.14. The maximum Gasteiger partial charge on any atom is 0.272 e. The third kappa shape index (κ3) is 1.78. The summed E-state index contributed by atoms with van der Waals surface area (Å²) in [5.74, 6) is -0.398. The zero-order chi connectivity index (χ0) is 13.4. The van der Waals surface area contributed by atoms with Crippen LogP contribution >= 0.6 is 0 Å². The van der Waals surface area contributed by atoms with Crippen molar-refractivity contribution >= 4 is 16.6 Å². The summed E-state index contributed by atoms with van der Waals surface area (Å²) in [5, 5.41) is 0.727. The molecular weight excluding hydrogens is 243 g/mol. The second-order valence-electron chi connectivity index (χ2n) is 4.27. The Morgan fingerprint density at radius 1 is 1.00 bits per heavy atom. The number of aromatic nitrogens is 1. The molecule has 0 aliphatic carbocycles. The number of nitrogens with two attached hydrogens (primary N) is 1. The Balaban J connectivity index is 2.50. The summed E-state index contributed by atoms with van der Waals surface area (Å²) < 4.78 is 13.9. The van der Waals surface area contributed by atoms with Gasteiger partial charge in [0.05, 0.1) is 0 Å². The lowest BCUT2D eigenvalue weighted by Gasteiger charge is -2.10. The van der Waals surface area contributed by atoms with Crippen molar-refractivity contribution in [3.05, 3.63) is 64.7 Å². The van der Waals surface area contributed by atoms with Crippen LogP contribution < -0.4 is 11.3 Å². The molecule has 94 valence electrons. The highest BCUT2D eigenvalue weighted by Crippen LogP contribution is 2.32. The van der Waals surface area contributed by atoms with Gasteiger partial charge in [-0.25, -0.2) is 4.39 Å². The summed E-state index contributed by atoms with van der Waals surface area (Å²) >= 11 is 0. The summed E-state index contributed by atoms with van der Waals surface area (Å²) in [6.45, 7) is 0. The minimum absolute atomic E-state index is 0.0313. The molecule has 2 aromatic carbocycles. The predicted molar refractivity (Wildman–Crippen MR) is 74.4 cm³/mol. The minimum Gasteiger partial charge on any atom is -0.394 e. The number of hydrogen-bond donors (Lipinski definition) is 2. The summed E-state index contributed by atoms with van der Waals surface area (Å²) in [6.07, 6.45) is 0. The summed E-state index contributed by atoms with van der Waals surface area (Å²) in [4.78, 5) is 14.5. The average molecular weight is 254 g/mol. The first-order valence-corrected chi connectivity index (χ1v) is 5.84. The molecule has 0 saturated heterocycles. The van der Waals surface area contributed by atoms with E-state index in [2.05, 4.69) is 4.98 Å². The Morgan fingerprint density at radius 2 is 1.68 bits per heavy atom. The normalized spacial score (nSPS) is 10.8. The SMILES string of the molecule is Nc1c(-c2ccccc2F)c2ccccc2[nH]c1=O. The first-order chi connectivity index (χ1) is 9.18. The molecule has 0 unspecified atom stereocenters. The molecule has 0 radical (unpaired) electrons. The van der Waals surface area contributed by atoms with E-state index in [9.17, 15) is 9.18 Å². The van der Waals surface area contributed by atoms with Crippen LogP contribution in [0.15, 0.2) is 53.3 Å². The van der Waals surface area contributed by atoms with Crippen molar-refractivity contribution in [2.75, 3.05) is 5.73 Å². The van der Waals surface area contributed by atoms with E-state index < -0.39 is 11.4 Å². The van der Waals surface area contributed by atoms with Crippen molar-refractivity contribution in [1.82, 2.24) is 4.98 Å². The monoisotopic (exact) mass is 254 g/mol. The molecule has 3 nitrogen and oxygen atoms in total. The fraction of sp³-hybridized carbons (Fsp3) is 0. The van der Waals surface area contributed by atoms with Gasteiger partial charge in [0, 0.05) is 22.0 Å². The van der Waals surface area contributed by atoms with Crippen LogP contribution in [0.25, 0.3) is 22.0 Å². The fourth-order valence-corrected chi connectivity index (χ4v) is 2.21. The number of aromatic amines is 1. The van der Waals surface area contributed by atoms with E-state index in [4.69, 9.17) is 5.73 Å². The van der Waals surface area contributed by atoms with Gasteiger partial charge < -0.3 is 10.7 Å². The molecule has 0 spiro atoms. The smallest absolute Gasteiger partial charge is 0.272 e. The Bertz CT molecular complexity index is 824. The quantitative estimate of drug-likeness (QED) is 0.701. The molecule has 0 aliphatic heterocycles. The van der Waals surface area contributed by atoms with Gasteiger partial charge in [-0.15, -0.1) is 0 Å². The van der Waals surface area contributed by atoms with Crippen LogP contribution in [0.3, 0.4) is 0 Å². The third-order valence-corrected chi connectivity index (χ3v) is 3.10. The number of anilines is 1. The van der Waals surface area contributed by atoms with Crippen molar-refractivity contribution in [3.8, 4) is 11.1 Å². The molecule has 3 rings (SSSR count). The molecule has 1 heterocycles. The highest BCUT2D eigenvalue weighted by atomic mass is 19.1. The molecule has 3 aromatic rings. The van der Waals surface area contributed by atoms with Crippen LogP contribution in [-0.4, -0.2) is 4.98 Å². The van der Waals surface area contributed by atoms with Crippen molar-refractivity contribution in [1.29, 1.82) is 0 Å². The van der Waals surface area contributed by atoms with Crippen LogP contribution in [0, 0.1) is 5.82 Å². The second kappa shape index (κ2) is 4.24. The van der Waals surface area contributed by atoms with Gasteiger partial charge in [-0.3, -0.25) is 4.79 Å². The number of pyridine rings is 1. The van der Waals surface area contributed by atoms with Gasteiger partial charge >= 0.3 is 0 Å². The number of hydrogen-bond acceptors (Lipinski definition) is 2. The molecule has 0 bridgehead atoms. The van der Waals surface area contributed by atoms with Gasteiger partial charge in [0.25, 0.3) is 5.56 Å². The lowest BCUT2D eigenvalue weighted by molar-refractivity contribution is 0.631. The van der Waals surface area contributed by atoms with E-state index in [1.54, 1.807) is 30.3 Å². The molecule has 0 amide bonds. The fourth-order valence-electron chi connectivity index (χ4n) is 2.21. The number of para-hydroxylation sites is 1. The molecule has 1 aromatic heterocycles. The largest absolute Gasteiger partial charge is 0.394 e. The zero-order valence-corrected chi connectivity index (χ0v) is 9.98. The maximum atomic E-state index is 13.9. The molecule has 4 heteroatoms. The summed E-state index contributed by atoms with van der Waals surface area (Å²) in [5.41, 5.74) is 6.88. The van der Waals surface area contributed by atoms with Gasteiger partial charge in [0.1, 0.15) is 11.5 Å². The van der Waals surface area contributed by atoms with Gasteiger partial charge in [-0.05, 0) is 12.1 Å². The van der Waals surface area contributed by atoms with Crippen LogP contribution in [0.4, 0.5) is 10.1 Å². The Labute approximate surface area is 108 Å². The molecular formula is C15H11FN2O. The number of halogens is 1. The summed E-state index contributed by atoms with van der Waals surface area (Å²) in [6, 6.07) is 13.5. The van der Waals surface area contributed by atoms with E-state index in [0.29, 0.717) is 16.6 Å². The van der Waals surface area contributed by atoms with Crippen LogP contribution in [0.5, 0.6) is 0 Å². The standard InChI is InChI=1S/C15H11FN2O/c16-11-7-3-1-5-9(11)13-10-6-2-4-8-12(10)18-15(19)14(13)17/h1-8H,17H2,(H,18,19). The van der Waals surface area contributed by atoms with Crippen LogP contribution in [0.2, 0.25) is 0 Å². The molecule has 0 atom stereocenters. The van der Waals surface area contributed by atoms with E-state index in [0.717, 1.165) is 5.39 Å². The molecule has 0 fully saturated rings. The number of H-pyrrole nitrogens is 1. The van der Waals surface area contributed by atoms with Crippen LogP contribution in [0.1, 0.15) is 0 Å².